The molecular weight excluding hydrogens is 260 g/mol. The van der Waals surface area contributed by atoms with Gasteiger partial charge < -0.3 is 15.5 Å². The Morgan fingerprint density at radius 1 is 1.60 bits per heavy atom. The van der Waals surface area contributed by atoms with Crippen LogP contribution in [0.1, 0.15) is 6.92 Å². The lowest BCUT2D eigenvalue weighted by Crippen LogP contribution is -2.58. The van der Waals surface area contributed by atoms with Gasteiger partial charge in [0.1, 0.15) is 6.04 Å². The Bertz CT molecular complexity index is 506. The predicted molar refractivity (Wildman–Crippen MR) is 75.8 cm³/mol. The summed E-state index contributed by atoms with van der Waals surface area (Å²) in [5.74, 6) is -0.0637. The molecule has 1 aliphatic rings. The van der Waals surface area contributed by atoms with Crippen LogP contribution in [0.15, 0.2) is 24.3 Å². The van der Waals surface area contributed by atoms with Crippen molar-refractivity contribution < 1.29 is 9.72 Å². The quantitative estimate of drug-likeness (QED) is 0.619. The van der Waals surface area contributed by atoms with Gasteiger partial charge >= 0.3 is 0 Å². The van der Waals surface area contributed by atoms with Crippen molar-refractivity contribution in [2.45, 2.75) is 13.0 Å². The summed E-state index contributed by atoms with van der Waals surface area (Å²) in [6.45, 7) is 4.36. The first-order valence-electron chi connectivity index (χ1n) is 6.63. The number of rotatable bonds is 4. The molecule has 0 aliphatic carbocycles. The van der Waals surface area contributed by atoms with E-state index in [-0.39, 0.29) is 17.6 Å². The summed E-state index contributed by atoms with van der Waals surface area (Å²) in [5, 5.41) is 16.8. The number of carbonyl (C=O) groups is 1. The predicted octanol–water partition coefficient (Wildman–Crippen LogP) is 0.509. The third-order valence-electron chi connectivity index (χ3n) is 3.27. The first-order valence-corrected chi connectivity index (χ1v) is 6.63. The molecular formula is C13H18N4O3. The zero-order valence-corrected chi connectivity index (χ0v) is 11.3. The maximum absolute atomic E-state index is 12.1. The summed E-state index contributed by atoms with van der Waals surface area (Å²) in [7, 11) is 0. The molecule has 0 aromatic heterocycles. The van der Waals surface area contributed by atoms with Crippen LogP contribution in [0.2, 0.25) is 0 Å². The van der Waals surface area contributed by atoms with E-state index in [1.54, 1.807) is 12.1 Å². The maximum Gasteiger partial charge on any atom is 0.271 e. The highest BCUT2D eigenvalue weighted by atomic mass is 16.6. The number of likely N-dealkylation sites (N-methyl/N-ethyl adjacent to an activating group) is 1. The summed E-state index contributed by atoms with van der Waals surface area (Å²) >= 11 is 0. The van der Waals surface area contributed by atoms with Crippen molar-refractivity contribution in [1.82, 2.24) is 10.6 Å². The third-order valence-corrected chi connectivity index (χ3v) is 3.27. The van der Waals surface area contributed by atoms with E-state index in [1.807, 2.05) is 11.8 Å². The molecule has 1 fully saturated rings. The molecule has 1 aromatic rings. The fourth-order valence-electron chi connectivity index (χ4n) is 2.32. The van der Waals surface area contributed by atoms with Gasteiger partial charge in [0.2, 0.25) is 5.91 Å². The number of nitro benzene ring substituents is 1. The molecule has 0 bridgehead atoms. The Morgan fingerprint density at radius 3 is 3.10 bits per heavy atom. The molecule has 0 saturated carbocycles. The van der Waals surface area contributed by atoms with E-state index in [4.69, 9.17) is 0 Å². The van der Waals surface area contributed by atoms with Crippen molar-refractivity contribution in [2.75, 3.05) is 31.1 Å². The van der Waals surface area contributed by atoms with Gasteiger partial charge in [0.15, 0.2) is 0 Å². The number of anilines is 1. The van der Waals surface area contributed by atoms with Crippen LogP contribution in [-0.2, 0) is 4.79 Å². The minimum atomic E-state index is -0.424. The van der Waals surface area contributed by atoms with E-state index in [1.165, 1.54) is 12.1 Å². The topological polar surface area (TPSA) is 87.5 Å². The lowest BCUT2D eigenvalue weighted by molar-refractivity contribution is -0.384. The molecule has 108 valence electrons. The van der Waals surface area contributed by atoms with Gasteiger partial charge in [-0.3, -0.25) is 14.9 Å². The number of piperazine rings is 1. The minimum absolute atomic E-state index is 0.0377. The van der Waals surface area contributed by atoms with Crippen molar-refractivity contribution in [2.24, 2.45) is 0 Å². The van der Waals surface area contributed by atoms with Crippen molar-refractivity contribution in [3.63, 3.8) is 0 Å². The van der Waals surface area contributed by atoms with Crippen LogP contribution in [0.3, 0.4) is 0 Å². The van der Waals surface area contributed by atoms with Gasteiger partial charge in [0.25, 0.3) is 5.69 Å². The van der Waals surface area contributed by atoms with Crippen LogP contribution in [0.5, 0.6) is 0 Å². The first kappa shape index (κ1) is 14.3. The molecule has 7 heteroatoms. The molecule has 1 heterocycles. The molecule has 1 atom stereocenters. The smallest absolute Gasteiger partial charge is 0.271 e. The van der Waals surface area contributed by atoms with Crippen LogP contribution in [0.4, 0.5) is 11.4 Å². The zero-order chi connectivity index (χ0) is 14.5. The van der Waals surface area contributed by atoms with Crippen LogP contribution >= 0.6 is 0 Å². The second-order valence-corrected chi connectivity index (χ2v) is 4.58. The average Bonchev–Trinajstić information content (AvgIpc) is 2.47. The highest BCUT2D eigenvalue weighted by Gasteiger charge is 2.29. The van der Waals surface area contributed by atoms with Gasteiger partial charge in [-0.2, -0.15) is 0 Å². The van der Waals surface area contributed by atoms with Crippen molar-refractivity contribution in [3.05, 3.63) is 34.4 Å². The van der Waals surface area contributed by atoms with E-state index >= 15 is 0 Å². The summed E-state index contributed by atoms with van der Waals surface area (Å²) in [6.07, 6.45) is 0. The van der Waals surface area contributed by atoms with Gasteiger partial charge in [-0.25, -0.2) is 0 Å². The molecule has 2 rings (SSSR count). The molecule has 1 unspecified atom stereocenters. The van der Waals surface area contributed by atoms with Crippen molar-refractivity contribution >= 4 is 17.3 Å². The summed E-state index contributed by atoms with van der Waals surface area (Å²) in [4.78, 5) is 24.4. The monoisotopic (exact) mass is 278 g/mol. The second-order valence-electron chi connectivity index (χ2n) is 4.58. The largest absolute Gasteiger partial charge is 0.357 e. The highest BCUT2D eigenvalue weighted by Crippen LogP contribution is 2.23. The molecule has 7 nitrogen and oxygen atoms in total. The highest BCUT2D eigenvalue weighted by molar-refractivity contribution is 5.86. The van der Waals surface area contributed by atoms with E-state index in [2.05, 4.69) is 10.6 Å². The lowest BCUT2D eigenvalue weighted by Gasteiger charge is -2.36. The minimum Gasteiger partial charge on any atom is -0.357 e. The van der Waals surface area contributed by atoms with Gasteiger partial charge in [0, 0.05) is 44.0 Å². The molecule has 2 N–H and O–H groups in total. The Kier molecular flexibility index (Phi) is 4.52. The standard InChI is InChI=1S/C13H18N4O3/c1-2-15-13(18)12-9-14-6-7-16(12)10-4-3-5-11(8-10)17(19)20/h3-5,8,12,14H,2,6-7,9H2,1H3,(H,15,18). The molecule has 1 aliphatic heterocycles. The number of benzene rings is 1. The normalized spacial score (nSPS) is 18.6. The average molecular weight is 278 g/mol. The van der Waals surface area contributed by atoms with E-state index < -0.39 is 4.92 Å². The Hall–Kier alpha value is -2.15. The van der Waals surface area contributed by atoms with Crippen molar-refractivity contribution in [1.29, 1.82) is 0 Å². The summed E-state index contributed by atoms with van der Waals surface area (Å²) in [6, 6.07) is 6.06. The number of carbonyl (C=O) groups excluding carboxylic acids is 1. The molecule has 1 aromatic carbocycles. The molecule has 1 amide bonds. The SMILES string of the molecule is CCNC(=O)C1CNCCN1c1cccc([N+](=O)[O-])c1. The summed E-state index contributed by atoms with van der Waals surface area (Å²) < 4.78 is 0. The summed E-state index contributed by atoms with van der Waals surface area (Å²) in [5.41, 5.74) is 0.743. The molecule has 20 heavy (non-hydrogen) atoms. The zero-order valence-electron chi connectivity index (χ0n) is 11.3. The Morgan fingerprint density at radius 2 is 2.40 bits per heavy atom. The lowest BCUT2D eigenvalue weighted by atomic mass is 10.1. The first-order chi connectivity index (χ1) is 9.63. The Balaban J connectivity index is 2.25. The second kappa shape index (κ2) is 6.33. The van der Waals surface area contributed by atoms with Crippen LogP contribution < -0.4 is 15.5 Å². The number of non-ortho nitro benzene ring substituents is 1. The van der Waals surface area contributed by atoms with E-state index in [0.29, 0.717) is 25.3 Å². The van der Waals surface area contributed by atoms with Gasteiger partial charge in [-0.15, -0.1) is 0 Å². The fraction of sp³-hybridized carbons (Fsp3) is 0.462. The van der Waals surface area contributed by atoms with Crippen LogP contribution in [0, 0.1) is 10.1 Å². The number of nitrogens with one attached hydrogen (secondary N) is 2. The number of amides is 1. The molecule has 0 radical (unpaired) electrons. The number of nitrogens with zero attached hydrogens (tertiary/aromatic N) is 2. The van der Waals surface area contributed by atoms with Crippen LogP contribution in [-0.4, -0.2) is 43.1 Å². The van der Waals surface area contributed by atoms with Gasteiger partial charge in [-0.05, 0) is 13.0 Å². The van der Waals surface area contributed by atoms with Gasteiger partial charge in [-0.1, -0.05) is 6.07 Å². The number of nitro groups is 1. The molecule has 1 saturated heterocycles. The molecule has 0 spiro atoms. The fourth-order valence-corrected chi connectivity index (χ4v) is 2.32. The number of hydrogen-bond donors (Lipinski definition) is 2. The van der Waals surface area contributed by atoms with Crippen LogP contribution in [0.25, 0.3) is 0 Å². The maximum atomic E-state index is 12.1. The number of hydrogen-bond acceptors (Lipinski definition) is 5. The van der Waals surface area contributed by atoms with E-state index in [0.717, 1.165) is 6.54 Å². The Labute approximate surface area is 117 Å². The third kappa shape index (κ3) is 3.05. The van der Waals surface area contributed by atoms with Crippen molar-refractivity contribution in [3.8, 4) is 0 Å². The van der Waals surface area contributed by atoms with E-state index in [9.17, 15) is 14.9 Å². The van der Waals surface area contributed by atoms with Gasteiger partial charge in [0.05, 0.1) is 4.92 Å².